The Labute approximate surface area is 137 Å². The summed E-state index contributed by atoms with van der Waals surface area (Å²) >= 11 is 0. The van der Waals surface area contributed by atoms with Crippen molar-refractivity contribution in [1.29, 1.82) is 0 Å². The number of nitrogens with one attached hydrogen (secondary N) is 1. The number of benzene rings is 1. The van der Waals surface area contributed by atoms with Gasteiger partial charge in [-0.15, -0.1) is 0 Å². The Morgan fingerprint density at radius 1 is 1.35 bits per heavy atom. The van der Waals surface area contributed by atoms with E-state index >= 15 is 0 Å². The largest absolute Gasteiger partial charge is 0.338 e. The molecule has 3 unspecified atom stereocenters. The van der Waals surface area contributed by atoms with E-state index in [1.165, 1.54) is 0 Å². The molecule has 23 heavy (non-hydrogen) atoms. The summed E-state index contributed by atoms with van der Waals surface area (Å²) in [5.41, 5.74) is 7.23. The van der Waals surface area contributed by atoms with Crippen LogP contribution in [0.2, 0.25) is 0 Å². The van der Waals surface area contributed by atoms with Gasteiger partial charge in [0.15, 0.2) is 0 Å². The highest BCUT2D eigenvalue weighted by Crippen LogP contribution is 2.38. The predicted octanol–water partition coefficient (Wildman–Crippen LogP) is 2.09. The molecule has 2 aliphatic rings. The number of carbonyl (C=O) groups excluding carboxylic acids is 2. The first-order chi connectivity index (χ1) is 10.9. The van der Waals surface area contributed by atoms with Crippen LogP contribution in [0.25, 0.3) is 0 Å². The molecule has 1 aliphatic heterocycles. The van der Waals surface area contributed by atoms with E-state index in [9.17, 15) is 9.59 Å². The van der Waals surface area contributed by atoms with Gasteiger partial charge in [-0.25, -0.2) is 0 Å². The number of amides is 2. The predicted molar refractivity (Wildman–Crippen MR) is 90.0 cm³/mol. The molecule has 1 aromatic carbocycles. The number of hydrogen-bond donors (Lipinski definition) is 2. The maximum absolute atomic E-state index is 12.5. The van der Waals surface area contributed by atoms with Gasteiger partial charge >= 0.3 is 0 Å². The molecule has 1 aromatic rings. The van der Waals surface area contributed by atoms with Crippen LogP contribution in [0.3, 0.4) is 0 Å². The van der Waals surface area contributed by atoms with Crippen LogP contribution in [0.4, 0.5) is 5.69 Å². The third-order valence-electron chi connectivity index (χ3n) is 5.18. The molecule has 0 spiro atoms. The first-order valence-corrected chi connectivity index (χ1v) is 8.32. The standard InChI is InChI=1S/C18H25N3O2/c1-12-9-15(12)16(22)20-14-5-3-13(4-6-14)17(23)21-8-7-18(2,10-19)11-21/h3-6,12,15H,7-11,19H2,1-2H3,(H,20,22). The number of rotatable bonds is 4. The van der Waals surface area contributed by atoms with Crippen molar-refractivity contribution >= 4 is 17.5 Å². The van der Waals surface area contributed by atoms with E-state index in [4.69, 9.17) is 5.73 Å². The van der Waals surface area contributed by atoms with Gasteiger partial charge in [-0.3, -0.25) is 9.59 Å². The Hall–Kier alpha value is -1.88. The lowest BCUT2D eigenvalue weighted by Crippen LogP contribution is -2.34. The molecular formula is C18H25N3O2. The summed E-state index contributed by atoms with van der Waals surface area (Å²) in [5.74, 6) is 0.753. The molecule has 5 nitrogen and oxygen atoms in total. The zero-order valence-corrected chi connectivity index (χ0v) is 13.8. The van der Waals surface area contributed by atoms with E-state index in [0.717, 1.165) is 25.1 Å². The van der Waals surface area contributed by atoms with Gasteiger partial charge < -0.3 is 16.0 Å². The maximum Gasteiger partial charge on any atom is 0.253 e. The summed E-state index contributed by atoms with van der Waals surface area (Å²) < 4.78 is 0. The summed E-state index contributed by atoms with van der Waals surface area (Å²) in [6.07, 6.45) is 1.92. The van der Waals surface area contributed by atoms with Crippen molar-refractivity contribution in [3.8, 4) is 0 Å². The number of likely N-dealkylation sites (tertiary alicyclic amines) is 1. The Morgan fingerprint density at radius 3 is 2.52 bits per heavy atom. The Kier molecular flexibility index (Phi) is 4.15. The highest BCUT2D eigenvalue weighted by molar-refractivity contribution is 5.97. The van der Waals surface area contributed by atoms with Gasteiger partial charge in [-0.2, -0.15) is 0 Å². The van der Waals surface area contributed by atoms with Crippen LogP contribution in [0.5, 0.6) is 0 Å². The molecule has 0 aromatic heterocycles. The van der Waals surface area contributed by atoms with Crippen molar-refractivity contribution in [1.82, 2.24) is 4.90 Å². The van der Waals surface area contributed by atoms with Crippen molar-refractivity contribution < 1.29 is 9.59 Å². The van der Waals surface area contributed by atoms with Crippen LogP contribution in [0.15, 0.2) is 24.3 Å². The topological polar surface area (TPSA) is 75.4 Å². The number of hydrogen-bond acceptors (Lipinski definition) is 3. The van der Waals surface area contributed by atoms with Crippen molar-refractivity contribution in [2.75, 3.05) is 25.0 Å². The third-order valence-corrected chi connectivity index (χ3v) is 5.18. The number of nitrogens with zero attached hydrogens (tertiary/aromatic N) is 1. The number of carbonyl (C=O) groups is 2. The van der Waals surface area contributed by atoms with Gasteiger partial charge in [0, 0.05) is 30.3 Å². The van der Waals surface area contributed by atoms with Gasteiger partial charge in [0.2, 0.25) is 5.91 Å². The van der Waals surface area contributed by atoms with Crippen molar-refractivity contribution in [3.63, 3.8) is 0 Å². The van der Waals surface area contributed by atoms with E-state index in [-0.39, 0.29) is 23.1 Å². The SMILES string of the molecule is CC1CC1C(=O)Nc1ccc(C(=O)N2CCC(C)(CN)C2)cc1. The minimum absolute atomic E-state index is 0.0323. The first kappa shape index (κ1) is 16.0. The highest BCUT2D eigenvalue weighted by Gasteiger charge is 2.39. The molecule has 1 saturated carbocycles. The van der Waals surface area contributed by atoms with Gasteiger partial charge in [-0.05, 0) is 55.0 Å². The zero-order chi connectivity index (χ0) is 16.6. The lowest BCUT2D eigenvalue weighted by Gasteiger charge is -2.22. The highest BCUT2D eigenvalue weighted by atomic mass is 16.2. The Morgan fingerprint density at radius 2 is 2.00 bits per heavy atom. The summed E-state index contributed by atoms with van der Waals surface area (Å²) in [4.78, 5) is 26.3. The van der Waals surface area contributed by atoms with Crippen molar-refractivity contribution in [2.45, 2.75) is 26.7 Å². The molecule has 3 rings (SSSR count). The molecule has 2 fully saturated rings. The lowest BCUT2D eigenvalue weighted by molar-refractivity contribution is -0.117. The molecule has 3 N–H and O–H groups in total. The maximum atomic E-state index is 12.5. The monoisotopic (exact) mass is 315 g/mol. The molecule has 1 heterocycles. The summed E-state index contributed by atoms with van der Waals surface area (Å²) in [5, 5.41) is 2.91. The second kappa shape index (κ2) is 5.96. The van der Waals surface area contributed by atoms with Crippen LogP contribution >= 0.6 is 0 Å². The van der Waals surface area contributed by atoms with E-state index in [0.29, 0.717) is 24.6 Å². The molecule has 1 saturated heterocycles. The molecule has 124 valence electrons. The number of anilines is 1. The first-order valence-electron chi connectivity index (χ1n) is 8.32. The van der Waals surface area contributed by atoms with Crippen molar-refractivity contribution in [2.24, 2.45) is 23.0 Å². The lowest BCUT2D eigenvalue weighted by atomic mass is 9.90. The fraction of sp³-hybridized carbons (Fsp3) is 0.556. The molecule has 2 amide bonds. The summed E-state index contributed by atoms with van der Waals surface area (Å²) in [6, 6.07) is 7.17. The van der Waals surface area contributed by atoms with Crippen LogP contribution in [-0.2, 0) is 4.79 Å². The van der Waals surface area contributed by atoms with E-state index in [2.05, 4.69) is 19.2 Å². The average molecular weight is 315 g/mol. The molecule has 5 heteroatoms. The molecule has 1 aliphatic carbocycles. The van der Waals surface area contributed by atoms with Crippen molar-refractivity contribution in [3.05, 3.63) is 29.8 Å². The van der Waals surface area contributed by atoms with Crippen LogP contribution in [0, 0.1) is 17.3 Å². The molecular weight excluding hydrogens is 290 g/mol. The van der Waals surface area contributed by atoms with E-state index in [1.807, 2.05) is 4.90 Å². The Bertz CT molecular complexity index is 613. The van der Waals surface area contributed by atoms with Gasteiger partial charge in [-0.1, -0.05) is 13.8 Å². The minimum Gasteiger partial charge on any atom is -0.338 e. The fourth-order valence-corrected chi connectivity index (χ4v) is 3.16. The van der Waals surface area contributed by atoms with Crippen LogP contribution in [0.1, 0.15) is 37.0 Å². The molecule has 0 bridgehead atoms. The molecule has 0 radical (unpaired) electrons. The van der Waals surface area contributed by atoms with Gasteiger partial charge in [0.1, 0.15) is 0 Å². The minimum atomic E-state index is 0.0323. The quantitative estimate of drug-likeness (QED) is 0.893. The van der Waals surface area contributed by atoms with E-state index < -0.39 is 0 Å². The van der Waals surface area contributed by atoms with Gasteiger partial charge in [0.05, 0.1) is 0 Å². The van der Waals surface area contributed by atoms with Crippen LogP contribution in [-0.4, -0.2) is 36.3 Å². The normalized spacial score (nSPS) is 29.4. The second-order valence-corrected chi connectivity index (χ2v) is 7.38. The van der Waals surface area contributed by atoms with Crippen LogP contribution < -0.4 is 11.1 Å². The zero-order valence-electron chi connectivity index (χ0n) is 13.8. The van der Waals surface area contributed by atoms with Gasteiger partial charge in [0.25, 0.3) is 5.91 Å². The summed E-state index contributed by atoms with van der Waals surface area (Å²) in [6.45, 7) is 6.27. The second-order valence-electron chi connectivity index (χ2n) is 7.38. The summed E-state index contributed by atoms with van der Waals surface area (Å²) in [7, 11) is 0. The third kappa shape index (κ3) is 3.39. The smallest absolute Gasteiger partial charge is 0.253 e. The molecule has 3 atom stereocenters. The average Bonchev–Trinajstić information content (AvgIpc) is 3.15. The Balaban J connectivity index is 1.61. The number of nitrogens with two attached hydrogens (primary N) is 1. The van der Waals surface area contributed by atoms with E-state index in [1.54, 1.807) is 24.3 Å². The fourth-order valence-electron chi connectivity index (χ4n) is 3.16.